The molecule has 4 nitrogen and oxygen atoms in total. The zero-order chi connectivity index (χ0) is 6.97. The number of benzene rings is 1. The van der Waals surface area contributed by atoms with Crippen LogP contribution in [0.25, 0.3) is 11.0 Å². The van der Waals surface area contributed by atoms with E-state index in [-0.39, 0.29) is 1.43 Å². The minimum absolute atomic E-state index is 0. The van der Waals surface area contributed by atoms with Crippen LogP contribution in [-0.2, 0) is 0 Å². The van der Waals surface area contributed by atoms with E-state index in [1.807, 2.05) is 12.1 Å². The molecule has 0 spiro atoms. The van der Waals surface area contributed by atoms with Crippen LogP contribution in [0.3, 0.4) is 0 Å². The van der Waals surface area contributed by atoms with Crippen LogP contribution in [0.15, 0.2) is 24.3 Å². The summed E-state index contributed by atoms with van der Waals surface area (Å²) >= 11 is 0. The van der Waals surface area contributed by atoms with Gasteiger partial charge in [-0.2, -0.15) is 0 Å². The molecule has 1 heterocycles. The van der Waals surface area contributed by atoms with Crippen molar-refractivity contribution in [1.82, 2.24) is 15.2 Å². The van der Waals surface area contributed by atoms with Gasteiger partial charge in [0.05, 0.1) is 0 Å². The number of hydrogen-bond donors (Lipinski definition) is 1. The molecule has 0 fully saturated rings. The van der Waals surface area contributed by atoms with Crippen molar-refractivity contribution in [3.8, 4) is 0 Å². The van der Waals surface area contributed by atoms with Crippen molar-refractivity contribution < 1.29 is 6.63 Å². The van der Waals surface area contributed by atoms with E-state index in [0.717, 1.165) is 4.85 Å². The van der Waals surface area contributed by atoms with Crippen LogP contribution in [0.2, 0.25) is 0 Å². The Kier molecular flexibility index (Phi) is 0.887. The highest BCUT2D eigenvalue weighted by atomic mass is 16.5. The highest BCUT2D eigenvalue weighted by Gasteiger charge is 1.98. The van der Waals surface area contributed by atoms with Crippen LogP contribution in [0.5, 0.6) is 0 Å². The molecule has 0 aliphatic heterocycles. The highest BCUT2D eigenvalue weighted by Crippen LogP contribution is 2.06. The molecule has 52 valence electrons. The van der Waals surface area contributed by atoms with Gasteiger partial charge in [-0.3, -0.25) is 0 Å². The van der Waals surface area contributed by atoms with Crippen molar-refractivity contribution in [2.45, 2.75) is 0 Å². The smallest absolute Gasteiger partial charge is 0.130 e. The van der Waals surface area contributed by atoms with E-state index in [9.17, 15) is 0 Å². The molecule has 0 bridgehead atoms. The lowest BCUT2D eigenvalue weighted by Gasteiger charge is -1.85. The predicted molar refractivity (Wildman–Crippen MR) is 35.8 cm³/mol. The van der Waals surface area contributed by atoms with Gasteiger partial charge in [-0.15, -0.1) is 5.10 Å². The summed E-state index contributed by atoms with van der Waals surface area (Å²) in [4.78, 5) is 0.759. The average Bonchev–Trinajstić information content (AvgIpc) is 2.34. The molecule has 2 aromatic rings. The van der Waals surface area contributed by atoms with Crippen molar-refractivity contribution in [2.24, 2.45) is 0 Å². The average molecular weight is 136 g/mol. The lowest BCUT2D eigenvalue weighted by molar-refractivity contribution is 0.155. The number of nitrogens with zero attached hydrogens (tertiary/aromatic N) is 3. The first kappa shape index (κ1) is 5.22. The quantitative estimate of drug-likeness (QED) is 0.544. The second kappa shape index (κ2) is 1.70. The van der Waals surface area contributed by atoms with Gasteiger partial charge in [-0.05, 0) is 17.3 Å². The second-order valence-electron chi connectivity index (χ2n) is 1.97. The number of para-hydroxylation sites is 1. The van der Waals surface area contributed by atoms with Crippen molar-refractivity contribution in [2.75, 3.05) is 0 Å². The summed E-state index contributed by atoms with van der Waals surface area (Å²) in [5.41, 5.74) is 1.33. The van der Waals surface area contributed by atoms with Gasteiger partial charge in [0.15, 0.2) is 0 Å². The van der Waals surface area contributed by atoms with Gasteiger partial charge in [0, 0.05) is 0 Å². The maximum atomic E-state index is 8.95. The maximum absolute atomic E-state index is 8.95. The van der Waals surface area contributed by atoms with E-state index in [1.54, 1.807) is 12.1 Å². The Hall–Kier alpha value is -1.58. The Bertz CT molecular complexity index is 359. The summed E-state index contributed by atoms with van der Waals surface area (Å²) in [6.07, 6.45) is 0. The molecule has 0 aliphatic carbocycles. The fraction of sp³-hybridized carbons (Fsp3) is 0. The fourth-order valence-electron chi connectivity index (χ4n) is 0.857. The van der Waals surface area contributed by atoms with E-state index >= 15 is 0 Å². The molecule has 0 radical (unpaired) electrons. The van der Waals surface area contributed by atoms with Crippen molar-refractivity contribution >= 4 is 11.0 Å². The molecule has 0 saturated heterocycles. The number of fused-ring (bicyclic) bond motifs is 1. The van der Waals surface area contributed by atoms with Gasteiger partial charge in [0.25, 0.3) is 0 Å². The Morgan fingerprint density at radius 3 is 3.00 bits per heavy atom. The van der Waals surface area contributed by atoms with Gasteiger partial charge < -0.3 is 6.63 Å². The monoisotopic (exact) mass is 136 g/mol. The summed E-state index contributed by atoms with van der Waals surface area (Å²) in [5, 5.41) is 16.1. The van der Waals surface area contributed by atoms with Gasteiger partial charge in [0.2, 0.25) is 0 Å². The Morgan fingerprint density at radius 2 is 2.20 bits per heavy atom. The number of aromatic nitrogens is 3. The molecule has 1 aromatic heterocycles. The molecule has 1 N–H and O–H groups in total. The van der Waals surface area contributed by atoms with Gasteiger partial charge >= 0.3 is 0 Å². The molecule has 1 aromatic carbocycles. The van der Waals surface area contributed by atoms with Crippen LogP contribution in [0.4, 0.5) is 0 Å². The van der Waals surface area contributed by atoms with Gasteiger partial charge in [-0.1, -0.05) is 17.0 Å². The van der Waals surface area contributed by atoms with E-state index < -0.39 is 0 Å². The first-order chi connectivity index (χ1) is 4.88. The minimum atomic E-state index is 0. The van der Waals surface area contributed by atoms with Gasteiger partial charge in [0.1, 0.15) is 11.0 Å². The molecule has 2 rings (SSSR count). The lowest BCUT2D eigenvalue weighted by Crippen LogP contribution is -1.90. The Morgan fingerprint density at radius 1 is 1.40 bits per heavy atom. The molecular weight excluding hydrogens is 130 g/mol. The molecule has 0 atom stereocenters. The third-order valence-corrected chi connectivity index (χ3v) is 1.33. The first-order valence-electron chi connectivity index (χ1n) is 2.87. The summed E-state index contributed by atoms with van der Waals surface area (Å²) in [7, 11) is 0. The molecular formula is C6H6N3O-. The number of hydrogen-bond acceptors (Lipinski definition) is 3. The fourth-order valence-corrected chi connectivity index (χ4v) is 0.857. The van der Waals surface area contributed by atoms with E-state index in [2.05, 4.69) is 10.3 Å². The maximum Gasteiger partial charge on any atom is 0.130 e. The summed E-state index contributed by atoms with van der Waals surface area (Å²) in [5.74, 6) is 0. The largest absolute Gasteiger partial charge is 1.00 e. The summed E-state index contributed by atoms with van der Waals surface area (Å²) in [6, 6.07) is 7.19. The van der Waals surface area contributed by atoms with Crippen molar-refractivity contribution in [1.29, 1.82) is 0 Å². The van der Waals surface area contributed by atoms with E-state index in [0.29, 0.717) is 11.0 Å². The van der Waals surface area contributed by atoms with E-state index in [4.69, 9.17) is 5.21 Å². The Balaban J connectivity index is 0.000000605. The predicted octanol–water partition coefficient (Wildman–Crippen LogP) is 0.781. The first-order valence-corrected chi connectivity index (χ1v) is 2.87. The zero-order valence-electron chi connectivity index (χ0n) is 6.10. The minimum Gasteiger partial charge on any atom is -1.00 e. The van der Waals surface area contributed by atoms with Crippen LogP contribution in [0.1, 0.15) is 1.43 Å². The highest BCUT2D eigenvalue weighted by molar-refractivity contribution is 5.73. The normalized spacial score (nSPS) is 10.4. The summed E-state index contributed by atoms with van der Waals surface area (Å²) < 4.78 is 0. The molecule has 4 heteroatoms. The van der Waals surface area contributed by atoms with Gasteiger partial charge in [-0.25, -0.2) is 0 Å². The molecule has 0 unspecified atom stereocenters. The van der Waals surface area contributed by atoms with Crippen LogP contribution in [-0.4, -0.2) is 20.4 Å². The number of rotatable bonds is 0. The molecule has 0 saturated carbocycles. The van der Waals surface area contributed by atoms with E-state index in [1.165, 1.54) is 0 Å². The third-order valence-electron chi connectivity index (χ3n) is 1.33. The van der Waals surface area contributed by atoms with Crippen LogP contribution in [0, 0.1) is 0 Å². The van der Waals surface area contributed by atoms with Crippen LogP contribution >= 0.6 is 0 Å². The molecule has 0 aliphatic rings. The third kappa shape index (κ3) is 0.556. The topological polar surface area (TPSA) is 50.9 Å². The van der Waals surface area contributed by atoms with Crippen LogP contribution < -0.4 is 0 Å². The lowest BCUT2D eigenvalue weighted by atomic mass is 10.3. The van der Waals surface area contributed by atoms with Crippen molar-refractivity contribution in [3.05, 3.63) is 24.3 Å². The second-order valence-corrected chi connectivity index (χ2v) is 1.97. The molecule has 0 amide bonds. The Labute approximate surface area is 58.1 Å². The molecule has 10 heavy (non-hydrogen) atoms. The van der Waals surface area contributed by atoms with Crippen molar-refractivity contribution in [3.63, 3.8) is 0 Å². The zero-order valence-corrected chi connectivity index (χ0v) is 5.10. The standard InChI is InChI=1S/C6H5N3O.H/c10-9-6-4-2-1-3-5(6)7-8-9;/h1-4,10H;/q;-1. The summed E-state index contributed by atoms with van der Waals surface area (Å²) in [6.45, 7) is 0. The SMILES string of the molecule is On1nnc2ccccc21.[H-].